The second kappa shape index (κ2) is 5.23. The van der Waals surface area contributed by atoms with Crippen LogP contribution >= 0.6 is 0 Å². The first-order valence-electron chi connectivity index (χ1n) is 10.2. The molecule has 0 aromatic rings. The molecule has 0 aromatic carbocycles. The maximum absolute atomic E-state index is 10.1. The molecule has 0 spiro atoms. The van der Waals surface area contributed by atoms with Crippen molar-refractivity contribution in [2.75, 3.05) is 0 Å². The molecule has 0 saturated heterocycles. The van der Waals surface area contributed by atoms with Crippen LogP contribution in [0.1, 0.15) is 85.0 Å². The van der Waals surface area contributed by atoms with Crippen LogP contribution in [0.15, 0.2) is 0 Å². The Morgan fingerprint density at radius 2 is 1.59 bits per heavy atom. The van der Waals surface area contributed by atoms with Crippen LogP contribution in [0.25, 0.3) is 0 Å². The summed E-state index contributed by atoms with van der Waals surface area (Å²) in [6, 6.07) is 0. The Bertz CT molecular complexity index is 432. The van der Waals surface area contributed by atoms with Gasteiger partial charge in [0.2, 0.25) is 0 Å². The van der Waals surface area contributed by atoms with Crippen molar-refractivity contribution in [1.82, 2.24) is 0 Å². The SMILES string of the molecule is CCC1CCC2C3CCC4C[C@@H](O)CCC4(C)C3CC[C@]12C. The fourth-order valence-corrected chi connectivity index (χ4v) is 8.01. The lowest BCUT2D eigenvalue weighted by Gasteiger charge is -2.61. The number of fused-ring (bicyclic) bond motifs is 5. The zero-order valence-electron chi connectivity index (χ0n) is 15.0. The van der Waals surface area contributed by atoms with E-state index in [1.54, 1.807) is 0 Å². The van der Waals surface area contributed by atoms with Gasteiger partial charge in [0.1, 0.15) is 0 Å². The summed E-state index contributed by atoms with van der Waals surface area (Å²) in [5, 5.41) is 10.1. The molecular formula is C21H36O. The fourth-order valence-electron chi connectivity index (χ4n) is 8.01. The Balaban J connectivity index is 1.61. The van der Waals surface area contributed by atoms with Crippen LogP contribution in [0.4, 0.5) is 0 Å². The smallest absolute Gasteiger partial charge is 0.0543 e. The van der Waals surface area contributed by atoms with E-state index in [4.69, 9.17) is 0 Å². The van der Waals surface area contributed by atoms with E-state index in [0.717, 1.165) is 42.4 Å². The molecule has 0 aromatic heterocycles. The van der Waals surface area contributed by atoms with E-state index in [-0.39, 0.29) is 6.10 Å². The Kier molecular flexibility index (Phi) is 3.68. The molecule has 126 valence electrons. The summed E-state index contributed by atoms with van der Waals surface area (Å²) in [7, 11) is 0. The summed E-state index contributed by atoms with van der Waals surface area (Å²) in [4.78, 5) is 0. The first-order chi connectivity index (χ1) is 10.5. The van der Waals surface area contributed by atoms with Gasteiger partial charge in [0, 0.05) is 0 Å². The van der Waals surface area contributed by atoms with Gasteiger partial charge in [0.25, 0.3) is 0 Å². The summed E-state index contributed by atoms with van der Waals surface area (Å²) < 4.78 is 0. The van der Waals surface area contributed by atoms with E-state index in [0.29, 0.717) is 10.8 Å². The molecule has 0 amide bonds. The number of aliphatic hydroxyl groups is 1. The highest BCUT2D eigenvalue weighted by Gasteiger charge is 2.59. The number of aliphatic hydroxyl groups excluding tert-OH is 1. The van der Waals surface area contributed by atoms with Gasteiger partial charge < -0.3 is 5.11 Å². The molecule has 0 heterocycles. The summed E-state index contributed by atoms with van der Waals surface area (Å²) in [5.74, 6) is 4.79. The van der Waals surface area contributed by atoms with Gasteiger partial charge in [-0.2, -0.15) is 0 Å². The minimum atomic E-state index is -0.000524. The minimum absolute atomic E-state index is 0.000524. The molecule has 1 heteroatoms. The van der Waals surface area contributed by atoms with Crippen molar-refractivity contribution >= 4 is 0 Å². The van der Waals surface area contributed by atoms with Crippen molar-refractivity contribution in [3.63, 3.8) is 0 Å². The van der Waals surface area contributed by atoms with Gasteiger partial charge in [-0.3, -0.25) is 0 Å². The van der Waals surface area contributed by atoms with E-state index in [9.17, 15) is 5.11 Å². The highest BCUT2D eigenvalue weighted by molar-refractivity contribution is 5.08. The van der Waals surface area contributed by atoms with E-state index in [1.165, 1.54) is 51.4 Å². The maximum atomic E-state index is 10.1. The van der Waals surface area contributed by atoms with Gasteiger partial charge in [0.15, 0.2) is 0 Å². The van der Waals surface area contributed by atoms with E-state index >= 15 is 0 Å². The van der Waals surface area contributed by atoms with Crippen LogP contribution in [-0.2, 0) is 0 Å². The lowest BCUT2D eigenvalue weighted by Crippen LogP contribution is -2.53. The molecule has 4 rings (SSSR count). The Morgan fingerprint density at radius 1 is 0.864 bits per heavy atom. The first-order valence-corrected chi connectivity index (χ1v) is 10.2. The second-order valence-electron chi connectivity index (χ2n) is 9.81. The van der Waals surface area contributed by atoms with Crippen LogP contribution in [0, 0.1) is 40.4 Å². The molecule has 22 heavy (non-hydrogen) atoms. The van der Waals surface area contributed by atoms with Crippen LogP contribution in [0.5, 0.6) is 0 Å². The van der Waals surface area contributed by atoms with Crippen molar-refractivity contribution in [2.24, 2.45) is 40.4 Å². The molecule has 0 radical (unpaired) electrons. The Hall–Kier alpha value is -0.0400. The second-order valence-corrected chi connectivity index (χ2v) is 9.81. The van der Waals surface area contributed by atoms with Gasteiger partial charge in [0.05, 0.1) is 6.10 Å². The summed E-state index contributed by atoms with van der Waals surface area (Å²) in [5.41, 5.74) is 1.21. The predicted molar refractivity (Wildman–Crippen MR) is 91.5 cm³/mol. The third kappa shape index (κ3) is 2.00. The van der Waals surface area contributed by atoms with E-state index in [1.807, 2.05) is 0 Å². The largest absolute Gasteiger partial charge is 0.393 e. The van der Waals surface area contributed by atoms with Crippen molar-refractivity contribution < 1.29 is 5.11 Å². The molecule has 4 aliphatic carbocycles. The van der Waals surface area contributed by atoms with Crippen molar-refractivity contribution in [3.8, 4) is 0 Å². The molecule has 1 N–H and O–H groups in total. The molecule has 4 fully saturated rings. The predicted octanol–water partition coefficient (Wildman–Crippen LogP) is 5.42. The summed E-state index contributed by atoms with van der Waals surface area (Å²) >= 11 is 0. The van der Waals surface area contributed by atoms with E-state index in [2.05, 4.69) is 20.8 Å². The van der Waals surface area contributed by atoms with Crippen LogP contribution < -0.4 is 0 Å². The first kappa shape index (κ1) is 15.5. The van der Waals surface area contributed by atoms with Crippen molar-refractivity contribution in [1.29, 1.82) is 0 Å². The van der Waals surface area contributed by atoms with Gasteiger partial charge in [-0.25, -0.2) is 0 Å². The molecule has 0 bridgehead atoms. The van der Waals surface area contributed by atoms with Crippen molar-refractivity contribution in [3.05, 3.63) is 0 Å². The lowest BCUT2D eigenvalue weighted by molar-refractivity contribution is -0.126. The van der Waals surface area contributed by atoms with Crippen LogP contribution in [-0.4, -0.2) is 11.2 Å². The van der Waals surface area contributed by atoms with Gasteiger partial charge >= 0.3 is 0 Å². The quantitative estimate of drug-likeness (QED) is 0.686. The van der Waals surface area contributed by atoms with E-state index < -0.39 is 0 Å². The van der Waals surface area contributed by atoms with Crippen molar-refractivity contribution in [2.45, 2.75) is 91.1 Å². The molecule has 6 unspecified atom stereocenters. The molecule has 8 atom stereocenters. The normalized spacial score (nSPS) is 57.8. The zero-order valence-corrected chi connectivity index (χ0v) is 15.0. The average Bonchev–Trinajstić information content (AvgIpc) is 2.84. The van der Waals surface area contributed by atoms with Crippen LogP contribution in [0.3, 0.4) is 0 Å². The molecular weight excluding hydrogens is 268 g/mol. The van der Waals surface area contributed by atoms with Gasteiger partial charge in [-0.15, -0.1) is 0 Å². The third-order valence-electron chi connectivity index (χ3n) is 9.33. The number of hydrogen-bond donors (Lipinski definition) is 1. The standard InChI is InChI=1S/C21H36O/c1-4-14-6-8-18-17-7-5-15-13-16(22)9-11-21(15,3)19(17)10-12-20(14,18)2/h14-19,22H,4-13H2,1-3H3/t14?,15?,16-,17?,18?,19?,20+,21?/m0/s1. The maximum Gasteiger partial charge on any atom is 0.0543 e. The topological polar surface area (TPSA) is 20.2 Å². The monoisotopic (exact) mass is 304 g/mol. The molecule has 0 aliphatic heterocycles. The molecule has 4 aliphatic rings. The van der Waals surface area contributed by atoms with Gasteiger partial charge in [-0.1, -0.05) is 27.2 Å². The number of hydrogen-bond acceptors (Lipinski definition) is 1. The highest BCUT2D eigenvalue weighted by Crippen LogP contribution is 2.67. The number of rotatable bonds is 1. The summed E-state index contributed by atoms with van der Waals surface area (Å²) in [6.45, 7) is 7.68. The minimum Gasteiger partial charge on any atom is -0.393 e. The fraction of sp³-hybridized carbons (Fsp3) is 1.00. The molecule has 1 nitrogen and oxygen atoms in total. The highest BCUT2D eigenvalue weighted by atomic mass is 16.3. The lowest BCUT2D eigenvalue weighted by atomic mass is 9.44. The third-order valence-corrected chi connectivity index (χ3v) is 9.33. The Morgan fingerprint density at radius 3 is 2.36 bits per heavy atom. The zero-order chi connectivity index (χ0) is 15.5. The van der Waals surface area contributed by atoms with Gasteiger partial charge in [-0.05, 0) is 98.2 Å². The average molecular weight is 305 g/mol. The molecule has 4 saturated carbocycles. The summed E-state index contributed by atoms with van der Waals surface area (Å²) in [6.07, 6.45) is 13.7. The van der Waals surface area contributed by atoms with Crippen LogP contribution in [0.2, 0.25) is 0 Å². The Labute approximate surface area is 137 Å².